The Kier molecular flexibility index (Phi) is 5.46. The van der Waals surface area contributed by atoms with Crippen LogP contribution >= 0.6 is 11.6 Å². The van der Waals surface area contributed by atoms with Crippen molar-refractivity contribution in [1.82, 2.24) is 15.2 Å². The SMILES string of the molecule is FC(F)(F)Oc1ccc([C@H](c2cccnc2Cl)N2CCNCC2)cc1. The van der Waals surface area contributed by atoms with E-state index in [0.717, 1.165) is 37.3 Å². The molecule has 0 spiro atoms. The van der Waals surface area contributed by atoms with Crippen molar-refractivity contribution in [3.8, 4) is 5.75 Å². The van der Waals surface area contributed by atoms with Crippen LogP contribution in [0.25, 0.3) is 0 Å². The van der Waals surface area contributed by atoms with Crippen LogP contribution in [0, 0.1) is 0 Å². The van der Waals surface area contributed by atoms with Gasteiger partial charge in [-0.25, -0.2) is 4.98 Å². The zero-order chi connectivity index (χ0) is 17.9. The Hall–Kier alpha value is -1.83. The minimum Gasteiger partial charge on any atom is -0.406 e. The number of nitrogens with one attached hydrogen (secondary N) is 1. The van der Waals surface area contributed by atoms with Gasteiger partial charge in [-0.1, -0.05) is 29.8 Å². The summed E-state index contributed by atoms with van der Waals surface area (Å²) in [5.41, 5.74) is 1.67. The quantitative estimate of drug-likeness (QED) is 0.833. The molecule has 3 rings (SSSR count). The molecule has 1 aromatic heterocycles. The molecule has 1 aromatic carbocycles. The van der Waals surface area contributed by atoms with Crippen LogP contribution in [0.3, 0.4) is 0 Å². The maximum absolute atomic E-state index is 12.3. The van der Waals surface area contributed by atoms with E-state index in [9.17, 15) is 13.2 Å². The van der Waals surface area contributed by atoms with Crippen LogP contribution in [0.4, 0.5) is 13.2 Å². The Balaban J connectivity index is 1.93. The summed E-state index contributed by atoms with van der Waals surface area (Å²) in [7, 11) is 0. The molecule has 8 heteroatoms. The molecule has 134 valence electrons. The Morgan fingerprint density at radius 3 is 2.40 bits per heavy atom. The first kappa shape index (κ1) is 18.0. The molecule has 0 saturated carbocycles. The smallest absolute Gasteiger partial charge is 0.406 e. The second-order valence-electron chi connectivity index (χ2n) is 5.69. The van der Waals surface area contributed by atoms with Crippen LogP contribution in [0.15, 0.2) is 42.6 Å². The lowest BCUT2D eigenvalue weighted by Crippen LogP contribution is -2.45. The lowest BCUT2D eigenvalue weighted by Gasteiger charge is -2.35. The fourth-order valence-corrected chi connectivity index (χ4v) is 3.20. The van der Waals surface area contributed by atoms with E-state index < -0.39 is 6.36 Å². The first-order chi connectivity index (χ1) is 11.9. The van der Waals surface area contributed by atoms with Crippen molar-refractivity contribution < 1.29 is 17.9 Å². The van der Waals surface area contributed by atoms with Crippen LogP contribution in [0.5, 0.6) is 5.75 Å². The Morgan fingerprint density at radius 1 is 1.12 bits per heavy atom. The second kappa shape index (κ2) is 7.59. The molecule has 1 N–H and O–H groups in total. The Bertz CT molecular complexity index is 703. The molecule has 1 saturated heterocycles. The molecule has 2 aromatic rings. The molecule has 0 unspecified atom stereocenters. The van der Waals surface area contributed by atoms with E-state index in [2.05, 4.69) is 19.9 Å². The van der Waals surface area contributed by atoms with Crippen molar-refractivity contribution in [1.29, 1.82) is 0 Å². The van der Waals surface area contributed by atoms with Gasteiger partial charge in [0.15, 0.2) is 0 Å². The standard InChI is InChI=1S/C17H17ClF3N3O/c18-16-14(2-1-7-23-16)15(24-10-8-22-9-11-24)12-3-5-13(6-4-12)25-17(19,20)21/h1-7,15,22H,8-11H2/t15-/m1/s1. The number of halogens is 4. The summed E-state index contributed by atoms with van der Waals surface area (Å²) in [5.74, 6) is -0.243. The number of hydrogen-bond acceptors (Lipinski definition) is 4. The minimum atomic E-state index is -4.70. The van der Waals surface area contributed by atoms with E-state index in [1.165, 1.54) is 12.1 Å². The largest absolute Gasteiger partial charge is 0.573 e. The van der Waals surface area contributed by atoms with Crippen LogP contribution in [0.1, 0.15) is 17.2 Å². The maximum Gasteiger partial charge on any atom is 0.573 e. The van der Waals surface area contributed by atoms with Gasteiger partial charge >= 0.3 is 6.36 Å². The molecule has 1 aliphatic rings. The van der Waals surface area contributed by atoms with E-state index in [-0.39, 0.29) is 11.8 Å². The van der Waals surface area contributed by atoms with Gasteiger partial charge in [0.25, 0.3) is 0 Å². The predicted molar refractivity (Wildman–Crippen MR) is 88.7 cm³/mol. The van der Waals surface area contributed by atoms with Gasteiger partial charge in [0.1, 0.15) is 10.9 Å². The molecule has 0 aliphatic carbocycles. The van der Waals surface area contributed by atoms with Gasteiger partial charge in [-0.15, -0.1) is 13.2 Å². The van der Waals surface area contributed by atoms with Crippen molar-refractivity contribution in [3.63, 3.8) is 0 Å². The summed E-state index contributed by atoms with van der Waals surface area (Å²) in [6, 6.07) is 9.43. The van der Waals surface area contributed by atoms with Gasteiger partial charge in [0.2, 0.25) is 0 Å². The third-order valence-corrected chi connectivity index (χ3v) is 4.34. The molecule has 25 heavy (non-hydrogen) atoms. The van der Waals surface area contributed by atoms with Gasteiger partial charge in [-0.3, -0.25) is 4.90 Å². The van der Waals surface area contributed by atoms with Gasteiger partial charge < -0.3 is 10.1 Å². The molecule has 4 nitrogen and oxygen atoms in total. The maximum atomic E-state index is 12.3. The van der Waals surface area contributed by atoms with Crippen molar-refractivity contribution in [2.24, 2.45) is 0 Å². The highest BCUT2D eigenvalue weighted by Gasteiger charge is 2.31. The number of nitrogens with zero attached hydrogens (tertiary/aromatic N) is 2. The van der Waals surface area contributed by atoms with Crippen molar-refractivity contribution >= 4 is 11.6 Å². The van der Waals surface area contributed by atoms with E-state index in [0.29, 0.717) is 5.15 Å². The number of piperazine rings is 1. The molecular weight excluding hydrogens is 355 g/mol. The average Bonchev–Trinajstić information content (AvgIpc) is 2.58. The molecule has 1 aliphatic heterocycles. The highest BCUT2D eigenvalue weighted by molar-refractivity contribution is 6.30. The lowest BCUT2D eigenvalue weighted by molar-refractivity contribution is -0.274. The molecule has 0 amide bonds. The van der Waals surface area contributed by atoms with Crippen molar-refractivity contribution in [2.75, 3.05) is 26.2 Å². The van der Waals surface area contributed by atoms with Crippen molar-refractivity contribution in [2.45, 2.75) is 12.4 Å². The monoisotopic (exact) mass is 371 g/mol. The number of alkyl halides is 3. The van der Waals surface area contributed by atoms with Crippen LogP contribution in [-0.4, -0.2) is 42.4 Å². The average molecular weight is 372 g/mol. The number of aromatic nitrogens is 1. The second-order valence-corrected chi connectivity index (χ2v) is 6.05. The summed E-state index contributed by atoms with van der Waals surface area (Å²) in [4.78, 5) is 6.37. The first-order valence-corrected chi connectivity index (χ1v) is 8.23. The lowest BCUT2D eigenvalue weighted by atomic mass is 9.97. The summed E-state index contributed by atoms with van der Waals surface area (Å²) in [5, 5.41) is 3.68. The van der Waals surface area contributed by atoms with Gasteiger partial charge in [-0.05, 0) is 23.8 Å². The summed E-state index contributed by atoms with van der Waals surface area (Å²) < 4.78 is 41.0. The summed E-state index contributed by atoms with van der Waals surface area (Å²) in [6.07, 6.45) is -3.09. The molecule has 1 fully saturated rings. The highest BCUT2D eigenvalue weighted by atomic mass is 35.5. The number of ether oxygens (including phenoxy) is 1. The first-order valence-electron chi connectivity index (χ1n) is 7.85. The van der Waals surface area contributed by atoms with Gasteiger partial charge in [0, 0.05) is 37.9 Å². The minimum absolute atomic E-state index is 0.178. The number of pyridine rings is 1. The van der Waals surface area contributed by atoms with E-state index in [1.807, 2.05) is 6.07 Å². The number of rotatable bonds is 4. The fourth-order valence-electron chi connectivity index (χ4n) is 2.98. The molecule has 1 atom stereocenters. The van der Waals surface area contributed by atoms with E-state index >= 15 is 0 Å². The zero-order valence-corrected chi connectivity index (χ0v) is 14.0. The molecule has 0 bridgehead atoms. The van der Waals surface area contributed by atoms with Crippen LogP contribution in [0.2, 0.25) is 5.15 Å². The molecular formula is C17H17ClF3N3O. The fraction of sp³-hybridized carbons (Fsp3) is 0.353. The van der Waals surface area contributed by atoms with Crippen molar-refractivity contribution in [3.05, 3.63) is 58.9 Å². The van der Waals surface area contributed by atoms with E-state index in [4.69, 9.17) is 11.6 Å². The van der Waals surface area contributed by atoms with Crippen LogP contribution < -0.4 is 10.1 Å². The van der Waals surface area contributed by atoms with Crippen LogP contribution in [-0.2, 0) is 0 Å². The van der Waals surface area contributed by atoms with E-state index in [1.54, 1.807) is 24.4 Å². The highest BCUT2D eigenvalue weighted by Crippen LogP contribution is 2.34. The Labute approximate surface area is 148 Å². The van der Waals surface area contributed by atoms with Gasteiger partial charge in [-0.2, -0.15) is 0 Å². The Morgan fingerprint density at radius 2 is 1.80 bits per heavy atom. The third kappa shape index (κ3) is 4.62. The summed E-state index contributed by atoms with van der Waals surface area (Å²) in [6.45, 7) is 3.28. The molecule has 2 heterocycles. The topological polar surface area (TPSA) is 37.4 Å². The molecule has 0 radical (unpaired) electrons. The number of benzene rings is 1. The summed E-state index contributed by atoms with van der Waals surface area (Å²) >= 11 is 6.28. The third-order valence-electron chi connectivity index (χ3n) is 4.03. The van der Waals surface area contributed by atoms with Gasteiger partial charge in [0.05, 0.1) is 6.04 Å². The zero-order valence-electron chi connectivity index (χ0n) is 13.3. The predicted octanol–water partition coefficient (Wildman–Crippen LogP) is 3.63. The number of hydrogen-bond donors (Lipinski definition) is 1. The normalized spacial score (nSPS) is 17.3.